The second-order valence-corrected chi connectivity index (χ2v) is 11.9. The number of carbonyl (C=O) groups excluding carboxylic acids is 4. The van der Waals surface area contributed by atoms with Crippen molar-refractivity contribution < 1.29 is 33.8 Å². The number of ether oxygens (including phenoxy) is 2. The van der Waals surface area contributed by atoms with Crippen LogP contribution in [0.3, 0.4) is 0 Å². The standard InChI is InChI=1S/C31H51N3O7/c1-9-10-11-12-13-14-17-34(29(38)24(18-21(2)3)33-30(39)41-31(5,6)7)27(28(37)32-20-26(36)40-8)23-15-16-25(35)22(4)19-23/h15-16,19,21,24,27,35H,9-14,17-18,20H2,1-8H3,(H,32,37)(H,33,39). The van der Waals surface area contributed by atoms with E-state index >= 15 is 0 Å². The van der Waals surface area contributed by atoms with Crippen molar-refractivity contribution in [2.45, 2.75) is 111 Å². The quantitative estimate of drug-likeness (QED) is 0.182. The van der Waals surface area contributed by atoms with Crippen molar-refractivity contribution in [3.63, 3.8) is 0 Å². The number of aryl methyl sites for hydroxylation is 1. The maximum atomic E-state index is 14.2. The smallest absolute Gasteiger partial charge is 0.408 e. The van der Waals surface area contributed by atoms with Gasteiger partial charge in [-0.1, -0.05) is 58.9 Å². The summed E-state index contributed by atoms with van der Waals surface area (Å²) in [5.41, 5.74) is 0.251. The van der Waals surface area contributed by atoms with Crippen LogP contribution in [0.4, 0.5) is 4.79 Å². The molecule has 10 nitrogen and oxygen atoms in total. The zero-order valence-corrected chi connectivity index (χ0v) is 26.2. The Morgan fingerprint density at radius 2 is 1.66 bits per heavy atom. The van der Waals surface area contributed by atoms with Crippen LogP contribution in [-0.2, 0) is 23.9 Å². The molecule has 3 N–H and O–H groups in total. The van der Waals surface area contributed by atoms with Crippen LogP contribution in [0, 0.1) is 12.8 Å². The second-order valence-electron chi connectivity index (χ2n) is 11.9. The van der Waals surface area contributed by atoms with Crippen LogP contribution in [0.5, 0.6) is 5.75 Å². The summed E-state index contributed by atoms with van der Waals surface area (Å²) in [5, 5.41) is 15.5. The Labute approximate surface area is 245 Å². The highest BCUT2D eigenvalue weighted by molar-refractivity contribution is 5.93. The summed E-state index contributed by atoms with van der Waals surface area (Å²) in [7, 11) is 1.22. The lowest BCUT2D eigenvalue weighted by Gasteiger charge is -2.35. The molecule has 0 heterocycles. The van der Waals surface area contributed by atoms with E-state index in [1.165, 1.54) is 18.1 Å². The number of aromatic hydroxyl groups is 1. The van der Waals surface area contributed by atoms with E-state index in [0.717, 1.165) is 32.1 Å². The van der Waals surface area contributed by atoms with Gasteiger partial charge in [0, 0.05) is 6.54 Å². The number of benzene rings is 1. The third-order valence-electron chi connectivity index (χ3n) is 6.46. The van der Waals surface area contributed by atoms with Crippen molar-refractivity contribution in [2.75, 3.05) is 20.2 Å². The fourth-order valence-corrected chi connectivity index (χ4v) is 4.42. The zero-order chi connectivity index (χ0) is 31.2. The molecule has 0 radical (unpaired) electrons. The number of hydrogen-bond donors (Lipinski definition) is 3. The number of phenols is 1. The number of carbonyl (C=O) groups is 4. The van der Waals surface area contributed by atoms with Gasteiger partial charge in [-0.3, -0.25) is 14.4 Å². The van der Waals surface area contributed by atoms with E-state index in [4.69, 9.17) is 4.74 Å². The molecule has 1 aromatic carbocycles. The molecule has 1 aromatic rings. The van der Waals surface area contributed by atoms with Gasteiger partial charge in [-0.05, 0) is 69.7 Å². The van der Waals surface area contributed by atoms with Crippen LogP contribution >= 0.6 is 0 Å². The molecule has 0 aliphatic carbocycles. The molecule has 41 heavy (non-hydrogen) atoms. The molecular weight excluding hydrogens is 526 g/mol. The highest BCUT2D eigenvalue weighted by atomic mass is 16.6. The number of nitrogens with one attached hydrogen (secondary N) is 2. The number of rotatable bonds is 16. The second kappa shape index (κ2) is 17.5. The molecule has 3 amide bonds. The first kappa shape index (κ1) is 35.7. The van der Waals surface area contributed by atoms with Gasteiger partial charge in [0.1, 0.15) is 30.0 Å². The average molecular weight is 578 g/mol. The van der Waals surface area contributed by atoms with Crippen LogP contribution in [0.2, 0.25) is 0 Å². The lowest BCUT2D eigenvalue weighted by Crippen LogP contribution is -2.54. The topological polar surface area (TPSA) is 134 Å². The minimum Gasteiger partial charge on any atom is -0.508 e. The van der Waals surface area contributed by atoms with Crippen molar-refractivity contribution in [3.05, 3.63) is 29.3 Å². The van der Waals surface area contributed by atoms with Gasteiger partial charge in [-0.25, -0.2) is 4.79 Å². The molecule has 2 atom stereocenters. The first-order chi connectivity index (χ1) is 19.2. The summed E-state index contributed by atoms with van der Waals surface area (Å²) in [4.78, 5) is 53.9. The van der Waals surface area contributed by atoms with Crippen molar-refractivity contribution in [3.8, 4) is 5.75 Å². The van der Waals surface area contributed by atoms with Gasteiger partial charge in [0.2, 0.25) is 11.8 Å². The van der Waals surface area contributed by atoms with E-state index in [1.807, 2.05) is 13.8 Å². The van der Waals surface area contributed by atoms with E-state index in [-0.39, 0.29) is 24.8 Å². The number of methoxy groups -OCH3 is 1. The fraction of sp³-hybridized carbons (Fsp3) is 0.677. The van der Waals surface area contributed by atoms with Gasteiger partial charge in [0.05, 0.1) is 7.11 Å². The molecule has 10 heteroatoms. The van der Waals surface area contributed by atoms with E-state index < -0.39 is 41.6 Å². The summed E-state index contributed by atoms with van der Waals surface area (Å²) in [6.45, 7) is 12.8. The number of nitrogens with zero attached hydrogens (tertiary/aromatic N) is 1. The largest absolute Gasteiger partial charge is 0.508 e. The van der Waals surface area contributed by atoms with Crippen LogP contribution in [-0.4, -0.2) is 65.7 Å². The predicted molar refractivity (Wildman–Crippen MR) is 158 cm³/mol. The molecular formula is C31H51N3O7. The Kier molecular flexibility index (Phi) is 15.2. The first-order valence-corrected chi connectivity index (χ1v) is 14.6. The van der Waals surface area contributed by atoms with Gasteiger partial charge < -0.3 is 30.1 Å². The fourth-order valence-electron chi connectivity index (χ4n) is 4.42. The zero-order valence-electron chi connectivity index (χ0n) is 26.2. The molecule has 0 aliphatic heterocycles. The van der Waals surface area contributed by atoms with E-state index in [9.17, 15) is 24.3 Å². The number of unbranched alkanes of at least 4 members (excludes halogenated alkanes) is 5. The summed E-state index contributed by atoms with van der Waals surface area (Å²) in [6, 6.07) is 2.66. The summed E-state index contributed by atoms with van der Waals surface area (Å²) < 4.78 is 10.1. The Balaban J connectivity index is 3.51. The maximum Gasteiger partial charge on any atom is 0.408 e. The molecule has 0 aliphatic rings. The van der Waals surface area contributed by atoms with Gasteiger partial charge >= 0.3 is 12.1 Å². The number of hydrogen-bond acceptors (Lipinski definition) is 7. The SMILES string of the molecule is CCCCCCCCN(C(=O)C(CC(C)C)NC(=O)OC(C)(C)C)C(C(=O)NCC(=O)OC)c1ccc(O)c(C)c1. The lowest BCUT2D eigenvalue weighted by atomic mass is 9.97. The molecule has 0 spiro atoms. The van der Waals surface area contributed by atoms with E-state index in [0.29, 0.717) is 24.0 Å². The highest BCUT2D eigenvalue weighted by Gasteiger charge is 2.36. The van der Waals surface area contributed by atoms with Gasteiger partial charge in [-0.15, -0.1) is 0 Å². The van der Waals surface area contributed by atoms with E-state index in [1.54, 1.807) is 39.8 Å². The molecule has 0 fully saturated rings. The van der Waals surface area contributed by atoms with Gasteiger partial charge in [-0.2, -0.15) is 0 Å². The molecule has 0 saturated heterocycles. The minimum absolute atomic E-state index is 0.0531. The van der Waals surface area contributed by atoms with Crippen molar-refractivity contribution in [1.82, 2.24) is 15.5 Å². The summed E-state index contributed by atoms with van der Waals surface area (Å²) in [5.74, 6) is -1.52. The molecule has 1 rings (SSSR count). The number of alkyl carbamates (subject to hydrolysis) is 1. The van der Waals surface area contributed by atoms with Crippen molar-refractivity contribution in [2.24, 2.45) is 5.92 Å². The monoisotopic (exact) mass is 577 g/mol. The number of esters is 1. The Hall–Kier alpha value is -3.30. The molecule has 2 unspecified atom stereocenters. The minimum atomic E-state index is -1.11. The van der Waals surface area contributed by atoms with Crippen LogP contribution < -0.4 is 10.6 Å². The third kappa shape index (κ3) is 13.3. The maximum absolute atomic E-state index is 14.2. The summed E-state index contributed by atoms with van der Waals surface area (Å²) >= 11 is 0. The van der Waals surface area contributed by atoms with E-state index in [2.05, 4.69) is 22.3 Å². The number of phenolic OH excluding ortho intramolecular Hbond substituents is 1. The summed E-state index contributed by atoms with van der Waals surface area (Å²) in [6.07, 6.45) is 5.45. The molecule has 0 saturated carbocycles. The van der Waals surface area contributed by atoms with Crippen LogP contribution in [0.25, 0.3) is 0 Å². The Bertz CT molecular complexity index is 1000. The highest BCUT2D eigenvalue weighted by Crippen LogP contribution is 2.28. The third-order valence-corrected chi connectivity index (χ3v) is 6.46. The molecule has 232 valence electrons. The first-order valence-electron chi connectivity index (χ1n) is 14.6. The van der Waals surface area contributed by atoms with Gasteiger partial charge in [0.15, 0.2) is 0 Å². The molecule has 0 aromatic heterocycles. The van der Waals surface area contributed by atoms with Crippen LogP contribution in [0.1, 0.15) is 104 Å². The van der Waals surface area contributed by atoms with Crippen molar-refractivity contribution >= 4 is 23.9 Å². The lowest BCUT2D eigenvalue weighted by molar-refractivity contribution is -0.145. The van der Waals surface area contributed by atoms with Gasteiger partial charge in [0.25, 0.3) is 0 Å². The average Bonchev–Trinajstić information content (AvgIpc) is 2.88. The van der Waals surface area contributed by atoms with Crippen LogP contribution in [0.15, 0.2) is 18.2 Å². The normalized spacial score (nSPS) is 12.8. The van der Waals surface area contributed by atoms with Crippen molar-refractivity contribution in [1.29, 1.82) is 0 Å². The Morgan fingerprint density at radius 1 is 1.02 bits per heavy atom. The predicted octanol–water partition coefficient (Wildman–Crippen LogP) is 5.16. The molecule has 0 bridgehead atoms. The number of amides is 3. The Morgan fingerprint density at radius 3 is 2.22 bits per heavy atom.